The molecule has 0 bridgehead atoms. The molecule has 15 heteroatoms. The van der Waals surface area contributed by atoms with Gasteiger partial charge < -0.3 is 30.4 Å². The highest BCUT2D eigenvalue weighted by atomic mass is 16.5. The van der Waals surface area contributed by atoms with E-state index in [9.17, 15) is 14.4 Å². The maximum Gasteiger partial charge on any atom is 0.293 e. The largest absolute Gasteiger partial charge is 0.383 e. The second-order valence-electron chi connectivity index (χ2n) is 17.2. The number of fused-ring (bicyclic) bond motifs is 1. The van der Waals surface area contributed by atoms with Gasteiger partial charge in [-0.15, -0.1) is 0 Å². The van der Waals surface area contributed by atoms with Crippen molar-refractivity contribution in [2.75, 3.05) is 42.9 Å². The number of aromatic nitrogens is 6. The SMILES string of the molecule is Cc1cc(-c2ncnc3[nH]c(-c4ccc(NCCNCC5CCN(c6ccc(C7CCC(=O)NC7=O)cc6)CC5)cn4)cc23)ccc1[C@@H](C)NC(=O)c1noc(C(C)(C)C)n1. The summed E-state index contributed by atoms with van der Waals surface area (Å²) in [5, 5.41) is 17.3. The van der Waals surface area contributed by atoms with Crippen LogP contribution in [-0.4, -0.2) is 80.5 Å². The van der Waals surface area contributed by atoms with Gasteiger partial charge in [0.25, 0.3) is 11.7 Å². The van der Waals surface area contributed by atoms with Crippen LogP contribution < -0.4 is 26.2 Å². The maximum atomic E-state index is 12.9. The maximum absolute atomic E-state index is 12.9. The standard InChI is InChI=1S/C46H53N11O4/c1-27-22-31(8-12-34(27)28(2)52-44(60)42-55-45(61-56-42)46(3,4)5)40-36-23-38(53-41(36)51-26-50-40)37-14-9-32(25-49-37)48-19-18-47-24-29-16-20-57(21-17-29)33-10-6-30(7-11-33)35-13-15-39(58)54-43(35)59/h6-12,14,22-23,25-26,28-29,35,47-48H,13,15-21,24H2,1-5H3,(H,52,60)(H,50,51,53)(H,54,58,59)/t28-,35?/m1/s1. The van der Waals surface area contributed by atoms with Gasteiger partial charge in [0, 0.05) is 54.7 Å². The predicted molar refractivity (Wildman–Crippen MR) is 234 cm³/mol. The molecular weight excluding hydrogens is 771 g/mol. The molecule has 8 rings (SSSR count). The van der Waals surface area contributed by atoms with Gasteiger partial charge in [0.2, 0.25) is 17.7 Å². The summed E-state index contributed by atoms with van der Waals surface area (Å²) >= 11 is 0. The average Bonchev–Trinajstić information content (AvgIpc) is 3.94. The first-order chi connectivity index (χ1) is 29.4. The van der Waals surface area contributed by atoms with Crippen molar-refractivity contribution in [2.45, 2.75) is 77.7 Å². The van der Waals surface area contributed by atoms with Crippen LogP contribution >= 0.6 is 0 Å². The summed E-state index contributed by atoms with van der Waals surface area (Å²) < 4.78 is 5.30. The fourth-order valence-corrected chi connectivity index (χ4v) is 8.16. The van der Waals surface area contributed by atoms with Crippen molar-refractivity contribution in [3.8, 4) is 22.6 Å². The Bertz CT molecular complexity index is 2520. The van der Waals surface area contributed by atoms with Crippen LogP contribution in [0.4, 0.5) is 11.4 Å². The van der Waals surface area contributed by atoms with Crippen molar-refractivity contribution >= 4 is 40.1 Å². The first kappa shape index (κ1) is 41.3. The minimum absolute atomic E-state index is 0.0157. The smallest absolute Gasteiger partial charge is 0.293 e. The number of aryl methyl sites for hydroxylation is 1. The van der Waals surface area contributed by atoms with Crippen LogP contribution in [0.3, 0.4) is 0 Å². The Balaban J connectivity index is 0.796. The molecule has 6 heterocycles. The van der Waals surface area contributed by atoms with E-state index in [0.29, 0.717) is 24.7 Å². The first-order valence-corrected chi connectivity index (χ1v) is 21.1. The molecule has 4 aromatic heterocycles. The quantitative estimate of drug-likeness (QED) is 0.0619. The molecule has 5 N–H and O–H groups in total. The summed E-state index contributed by atoms with van der Waals surface area (Å²) in [5.41, 5.74) is 8.84. The van der Waals surface area contributed by atoms with E-state index in [1.807, 2.05) is 83.3 Å². The highest BCUT2D eigenvalue weighted by molar-refractivity contribution is 6.01. The third kappa shape index (κ3) is 9.46. The first-order valence-electron chi connectivity index (χ1n) is 21.1. The predicted octanol–water partition coefficient (Wildman–Crippen LogP) is 6.61. The van der Waals surface area contributed by atoms with E-state index in [1.165, 1.54) is 5.69 Å². The van der Waals surface area contributed by atoms with Gasteiger partial charge in [-0.25, -0.2) is 9.97 Å². The zero-order valence-electron chi connectivity index (χ0n) is 35.3. The Kier molecular flexibility index (Phi) is 11.9. The number of hydrogen-bond donors (Lipinski definition) is 5. The second-order valence-corrected chi connectivity index (χ2v) is 17.2. The van der Waals surface area contributed by atoms with Gasteiger partial charge in [-0.2, -0.15) is 4.98 Å². The minimum Gasteiger partial charge on any atom is -0.383 e. The summed E-state index contributed by atoms with van der Waals surface area (Å²) in [7, 11) is 0. The molecule has 316 valence electrons. The molecule has 0 spiro atoms. The Morgan fingerprint density at radius 1 is 0.967 bits per heavy atom. The number of aromatic amines is 1. The van der Waals surface area contributed by atoms with Gasteiger partial charge in [-0.05, 0) is 98.7 Å². The molecule has 0 aliphatic carbocycles. The number of rotatable bonds is 13. The van der Waals surface area contributed by atoms with Crippen LogP contribution in [0.2, 0.25) is 0 Å². The number of pyridine rings is 1. The summed E-state index contributed by atoms with van der Waals surface area (Å²) in [5.74, 6) is 0.0348. The second kappa shape index (κ2) is 17.6. The molecular formula is C46H53N11O4. The highest BCUT2D eigenvalue weighted by Gasteiger charge is 2.29. The molecule has 2 fully saturated rings. The van der Waals surface area contributed by atoms with Crippen LogP contribution in [0.5, 0.6) is 0 Å². The lowest BCUT2D eigenvalue weighted by atomic mass is 9.90. The molecule has 2 saturated heterocycles. The summed E-state index contributed by atoms with van der Waals surface area (Å²) in [6, 6.07) is 20.2. The van der Waals surface area contributed by atoms with Crippen molar-refractivity contribution in [3.05, 3.63) is 102 Å². The van der Waals surface area contributed by atoms with Crippen LogP contribution in [0.15, 0.2) is 77.7 Å². The monoisotopic (exact) mass is 823 g/mol. The lowest BCUT2D eigenvalue weighted by Crippen LogP contribution is -2.39. The number of carbonyl (C=O) groups is 3. The summed E-state index contributed by atoms with van der Waals surface area (Å²) in [4.78, 5) is 60.7. The van der Waals surface area contributed by atoms with Crippen LogP contribution in [0.1, 0.15) is 98.5 Å². The van der Waals surface area contributed by atoms with Crippen LogP contribution in [-0.2, 0) is 15.0 Å². The Hall–Kier alpha value is -6.48. The number of nitrogens with one attached hydrogen (secondary N) is 5. The number of carbonyl (C=O) groups excluding carboxylic acids is 3. The van der Waals surface area contributed by atoms with E-state index in [-0.39, 0.29) is 35.0 Å². The molecule has 61 heavy (non-hydrogen) atoms. The molecule has 6 aromatic rings. The number of H-pyrrole nitrogens is 1. The zero-order valence-corrected chi connectivity index (χ0v) is 35.3. The lowest BCUT2D eigenvalue weighted by molar-refractivity contribution is -0.134. The highest BCUT2D eigenvalue weighted by Crippen LogP contribution is 2.32. The average molecular weight is 824 g/mol. The fourth-order valence-electron chi connectivity index (χ4n) is 8.16. The number of nitrogens with zero attached hydrogens (tertiary/aromatic N) is 6. The molecule has 2 atom stereocenters. The Labute approximate surface area is 354 Å². The van der Waals surface area contributed by atoms with Crippen molar-refractivity contribution in [1.29, 1.82) is 0 Å². The Morgan fingerprint density at radius 2 is 1.77 bits per heavy atom. The van der Waals surface area contributed by atoms with Crippen molar-refractivity contribution in [1.82, 2.24) is 46.0 Å². The van der Waals surface area contributed by atoms with Gasteiger partial charge >= 0.3 is 0 Å². The molecule has 1 unspecified atom stereocenters. The van der Waals surface area contributed by atoms with E-state index >= 15 is 0 Å². The molecule has 3 amide bonds. The third-order valence-electron chi connectivity index (χ3n) is 11.7. The number of imide groups is 1. The van der Waals surface area contributed by atoms with Crippen LogP contribution in [0, 0.1) is 12.8 Å². The molecule has 0 radical (unpaired) electrons. The van der Waals surface area contributed by atoms with Crippen molar-refractivity contribution in [2.24, 2.45) is 5.92 Å². The number of piperidine rings is 2. The zero-order chi connectivity index (χ0) is 42.7. The summed E-state index contributed by atoms with van der Waals surface area (Å²) in [6.45, 7) is 14.4. The van der Waals surface area contributed by atoms with Gasteiger partial charge in [0.1, 0.15) is 12.0 Å². The molecule has 2 aliphatic rings. The van der Waals surface area contributed by atoms with E-state index in [0.717, 1.165) is 102 Å². The number of hydrogen-bond acceptors (Lipinski definition) is 12. The van der Waals surface area contributed by atoms with E-state index < -0.39 is 5.91 Å². The van der Waals surface area contributed by atoms with Crippen molar-refractivity contribution in [3.63, 3.8) is 0 Å². The van der Waals surface area contributed by atoms with Gasteiger partial charge in [0.15, 0.2) is 0 Å². The normalized spacial score (nSPS) is 16.7. The third-order valence-corrected chi connectivity index (χ3v) is 11.7. The number of anilines is 2. The molecule has 15 nitrogen and oxygen atoms in total. The van der Waals surface area contributed by atoms with Gasteiger partial charge in [0.05, 0.1) is 40.9 Å². The topological polar surface area (TPSA) is 196 Å². The lowest BCUT2D eigenvalue weighted by Gasteiger charge is -2.34. The minimum atomic E-state index is -0.391. The number of benzene rings is 2. The van der Waals surface area contributed by atoms with Gasteiger partial charge in [-0.1, -0.05) is 50.2 Å². The van der Waals surface area contributed by atoms with E-state index in [4.69, 9.17) is 9.51 Å². The number of amides is 3. The van der Waals surface area contributed by atoms with E-state index in [1.54, 1.807) is 6.33 Å². The molecule has 2 aromatic carbocycles. The van der Waals surface area contributed by atoms with E-state index in [2.05, 4.69) is 69.5 Å². The fraction of sp³-hybridized carbons (Fsp3) is 0.391. The van der Waals surface area contributed by atoms with Crippen LogP contribution in [0.25, 0.3) is 33.7 Å². The van der Waals surface area contributed by atoms with Gasteiger partial charge in [-0.3, -0.25) is 24.7 Å². The Morgan fingerprint density at radius 3 is 2.48 bits per heavy atom. The summed E-state index contributed by atoms with van der Waals surface area (Å²) in [6.07, 6.45) is 6.62. The molecule has 0 saturated carbocycles. The van der Waals surface area contributed by atoms with Crippen molar-refractivity contribution < 1.29 is 18.9 Å². The molecule has 2 aliphatic heterocycles.